The zero-order valence-electron chi connectivity index (χ0n) is 14.5. The highest BCUT2D eigenvalue weighted by Crippen LogP contribution is 2.29. The zero-order valence-corrected chi connectivity index (χ0v) is 14.5. The molecule has 0 spiro atoms. The Morgan fingerprint density at radius 2 is 1.92 bits per heavy atom. The molecule has 2 aromatic carbocycles. The van der Waals surface area contributed by atoms with Crippen molar-refractivity contribution in [1.82, 2.24) is 10.3 Å². The number of hydrogen-bond acceptors (Lipinski definition) is 2. The highest BCUT2D eigenvalue weighted by Gasteiger charge is 2.14. The number of rotatable bonds is 5. The molecule has 3 rings (SSSR count). The van der Waals surface area contributed by atoms with Crippen molar-refractivity contribution in [3.8, 4) is 11.1 Å². The molecule has 1 aromatic heterocycles. The van der Waals surface area contributed by atoms with E-state index in [4.69, 9.17) is 0 Å². The fourth-order valence-corrected chi connectivity index (χ4v) is 2.90. The molecule has 0 aliphatic rings. The van der Waals surface area contributed by atoms with Crippen LogP contribution in [0.2, 0.25) is 0 Å². The third-order valence-electron chi connectivity index (χ3n) is 4.18. The fraction of sp³-hybridized carbons (Fsp3) is 0.238. The Hall–Kier alpha value is -2.75. The summed E-state index contributed by atoms with van der Waals surface area (Å²) < 4.78 is 13.2. The second kappa shape index (κ2) is 7.43. The number of halogens is 1. The van der Waals surface area contributed by atoms with Crippen LogP contribution in [0.4, 0.5) is 4.39 Å². The first-order valence-electron chi connectivity index (χ1n) is 8.54. The Morgan fingerprint density at radius 1 is 1.16 bits per heavy atom. The lowest BCUT2D eigenvalue weighted by molar-refractivity contribution is 0.0954. The van der Waals surface area contributed by atoms with E-state index in [0.29, 0.717) is 12.1 Å². The van der Waals surface area contributed by atoms with Crippen LogP contribution < -0.4 is 5.32 Å². The number of amides is 1. The molecule has 0 unspecified atom stereocenters. The van der Waals surface area contributed by atoms with Gasteiger partial charge >= 0.3 is 0 Å². The number of nitrogens with one attached hydrogen (secondary N) is 1. The monoisotopic (exact) mass is 336 g/mol. The molecule has 0 aliphatic heterocycles. The van der Waals surface area contributed by atoms with E-state index in [1.54, 1.807) is 12.1 Å². The summed E-state index contributed by atoms with van der Waals surface area (Å²) >= 11 is 0. The number of unbranched alkanes of at least 4 members (excludes halogenated alkanes) is 1. The van der Waals surface area contributed by atoms with E-state index in [2.05, 4.69) is 17.2 Å². The van der Waals surface area contributed by atoms with Crippen LogP contribution in [0.5, 0.6) is 0 Å². The molecule has 0 saturated carbocycles. The molecule has 25 heavy (non-hydrogen) atoms. The van der Waals surface area contributed by atoms with E-state index in [0.717, 1.165) is 40.6 Å². The number of carbonyl (C=O) groups is 1. The molecule has 0 bridgehead atoms. The van der Waals surface area contributed by atoms with Crippen molar-refractivity contribution in [3.63, 3.8) is 0 Å². The molecule has 0 aliphatic carbocycles. The maximum atomic E-state index is 13.2. The van der Waals surface area contributed by atoms with Crippen molar-refractivity contribution in [1.29, 1.82) is 0 Å². The molecule has 1 amide bonds. The standard InChI is InChI=1S/C21H21FN2O/c1-3-4-12-23-21(25)19-13-14(2)24-20-17(6-5-7-18(19)20)15-8-10-16(22)11-9-15/h5-11,13H,3-4,12H2,1-2H3,(H,23,25). The maximum absolute atomic E-state index is 13.2. The van der Waals surface area contributed by atoms with Gasteiger partial charge in [0.1, 0.15) is 5.82 Å². The van der Waals surface area contributed by atoms with Crippen molar-refractivity contribution in [3.05, 3.63) is 65.6 Å². The van der Waals surface area contributed by atoms with Crippen molar-refractivity contribution in [2.24, 2.45) is 0 Å². The topological polar surface area (TPSA) is 42.0 Å². The Labute approximate surface area is 146 Å². The zero-order chi connectivity index (χ0) is 17.8. The van der Waals surface area contributed by atoms with Gasteiger partial charge in [-0.15, -0.1) is 0 Å². The molecule has 0 radical (unpaired) electrons. The van der Waals surface area contributed by atoms with E-state index in [9.17, 15) is 9.18 Å². The fourth-order valence-electron chi connectivity index (χ4n) is 2.90. The number of benzene rings is 2. The molecule has 0 saturated heterocycles. The normalized spacial score (nSPS) is 10.8. The lowest BCUT2D eigenvalue weighted by atomic mass is 9.98. The average Bonchev–Trinajstić information content (AvgIpc) is 2.61. The SMILES string of the molecule is CCCCNC(=O)c1cc(C)nc2c(-c3ccc(F)cc3)cccc12. The Morgan fingerprint density at radius 3 is 2.64 bits per heavy atom. The van der Waals surface area contributed by atoms with Crippen LogP contribution in [0.25, 0.3) is 22.0 Å². The van der Waals surface area contributed by atoms with Crippen LogP contribution in [0, 0.1) is 12.7 Å². The minimum Gasteiger partial charge on any atom is -0.352 e. The average molecular weight is 336 g/mol. The number of hydrogen-bond donors (Lipinski definition) is 1. The molecular weight excluding hydrogens is 315 g/mol. The molecule has 3 nitrogen and oxygen atoms in total. The minimum absolute atomic E-state index is 0.0831. The van der Waals surface area contributed by atoms with Crippen LogP contribution in [-0.2, 0) is 0 Å². The third kappa shape index (κ3) is 3.68. The molecule has 1 N–H and O–H groups in total. The van der Waals surface area contributed by atoms with Gasteiger partial charge in [0.2, 0.25) is 0 Å². The van der Waals surface area contributed by atoms with Crippen LogP contribution in [0.15, 0.2) is 48.5 Å². The maximum Gasteiger partial charge on any atom is 0.252 e. The highest BCUT2D eigenvalue weighted by molar-refractivity contribution is 6.09. The van der Waals surface area contributed by atoms with Crippen molar-refractivity contribution in [2.75, 3.05) is 6.54 Å². The summed E-state index contributed by atoms with van der Waals surface area (Å²) in [5.74, 6) is -0.357. The summed E-state index contributed by atoms with van der Waals surface area (Å²) in [5, 5.41) is 3.78. The van der Waals surface area contributed by atoms with Gasteiger partial charge in [-0.1, -0.05) is 43.7 Å². The molecule has 4 heteroatoms. The van der Waals surface area contributed by atoms with Gasteiger partial charge in [0.05, 0.1) is 11.1 Å². The molecule has 0 fully saturated rings. The second-order valence-electron chi connectivity index (χ2n) is 6.13. The van der Waals surface area contributed by atoms with Crippen molar-refractivity contribution < 1.29 is 9.18 Å². The number of aryl methyl sites for hydroxylation is 1. The Balaban J connectivity index is 2.10. The number of para-hydroxylation sites is 1. The predicted molar refractivity (Wildman–Crippen MR) is 99.1 cm³/mol. The van der Waals surface area contributed by atoms with Gasteiger partial charge in [0.25, 0.3) is 5.91 Å². The van der Waals surface area contributed by atoms with Crippen molar-refractivity contribution in [2.45, 2.75) is 26.7 Å². The predicted octanol–water partition coefficient (Wildman–Crippen LogP) is 4.88. The number of carbonyl (C=O) groups excluding carboxylic acids is 1. The first kappa shape index (κ1) is 17.1. The third-order valence-corrected chi connectivity index (χ3v) is 4.18. The quantitative estimate of drug-likeness (QED) is 0.675. The first-order valence-corrected chi connectivity index (χ1v) is 8.54. The Bertz CT molecular complexity index is 904. The highest BCUT2D eigenvalue weighted by atomic mass is 19.1. The summed E-state index contributed by atoms with van der Waals surface area (Å²) in [6.07, 6.45) is 1.99. The summed E-state index contributed by atoms with van der Waals surface area (Å²) in [6, 6.07) is 13.9. The van der Waals surface area contributed by atoms with Crippen molar-refractivity contribution >= 4 is 16.8 Å². The van der Waals surface area contributed by atoms with Gasteiger partial charge in [-0.2, -0.15) is 0 Å². The van der Waals surface area contributed by atoms with Gasteiger partial charge in [-0.25, -0.2) is 4.39 Å². The van der Waals surface area contributed by atoms with Crippen LogP contribution >= 0.6 is 0 Å². The first-order chi connectivity index (χ1) is 12.1. The number of aromatic nitrogens is 1. The summed E-state index contributed by atoms with van der Waals surface area (Å²) in [4.78, 5) is 17.2. The largest absolute Gasteiger partial charge is 0.352 e. The van der Waals surface area contributed by atoms with Crippen LogP contribution in [0.1, 0.15) is 35.8 Å². The van der Waals surface area contributed by atoms with E-state index in [1.165, 1.54) is 12.1 Å². The number of pyridine rings is 1. The smallest absolute Gasteiger partial charge is 0.252 e. The summed E-state index contributed by atoms with van der Waals surface area (Å²) in [5.41, 5.74) is 3.94. The summed E-state index contributed by atoms with van der Waals surface area (Å²) in [6.45, 7) is 4.63. The van der Waals surface area contributed by atoms with Gasteiger partial charge in [0, 0.05) is 23.2 Å². The molecular formula is C21H21FN2O. The number of fused-ring (bicyclic) bond motifs is 1. The lowest BCUT2D eigenvalue weighted by Crippen LogP contribution is -2.24. The molecule has 1 heterocycles. The van der Waals surface area contributed by atoms with E-state index in [-0.39, 0.29) is 11.7 Å². The second-order valence-corrected chi connectivity index (χ2v) is 6.13. The molecule has 3 aromatic rings. The van der Waals surface area contributed by atoms with Gasteiger partial charge in [0.15, 0.2) is 0 Å². The van der Waals surface area contributed by atoms with Gasteiger partial charge in [-0.05, 0) is 37.1 Å². The summed E-state index contributed by atoms with van der Waals surface area (Å²) in [7, 11) is 0. The van der Waals surface area contributed by atoms with Crippen LogP contribution in [0.3, 0.4) is 0 Å². The Kier molecular flexibility index (Phi) is 5.08. The van der Waals surface area contributed by atoms with Gasteiger partial charge < -0.3 is 5.32 Å². The molecule has 128 valence electrons. The van der Waals surface area contributed by atoms with E-state index >= 15 is 0 Å². The van der Waals surface area contributed by atoms with Crippen LogP contribution in [-0.4, -0.2) is 17.4 Å². The lowest BCUT2D eigenvalue weighted by Gasteiger charge is -2.12. The number of nitrogens with zero attached hydrogens (tertiary/aromatic N) is 1. The van der Waals surface area contributed by atoms with E-state index < -0.39 is 0 Å². The molecule has 0 atom stereocenters. The van der Waals surface area contributed by atoms with E-state index in [1.807, 2.05) is 31.2 Å². The van der Waals surface area contributed by atoms with Gasteiger partial charge in [-0.3, -0.25) is 9.78 Å². The minimum atomic E-state index is -0.274.